The zero-order valence-corrected chi connectivity index (χ0v) is 17.2. The Hall–Kier alpha value is -3.32. The van der Waals surface area contributed by atoms with Gasteiger partial charge in [-0.1, -0.05) is 86.7 Å². The Labute approximate surface area is 172 Å². The number of H-pyrrole nitrogens is 1. The van der Waals surface area contributed by atoms with Crippen molar-refractivity contribution in [2.45, 2.75) is 26.2 Å². The van der Waals surface area contributed by atoms with Crippen molar-refractivity contribution in [3.8, 4) is 33.3 Å². The van der Waals surface area contributed by atoms with E-state index in [1.54, 1.807) is 4.52 Å². The molecular formula is C22H20N6S. The van der Waals surface area contributed by atoms with Gasteiger partial charge >= 0.3 is 0 Å². The van der Waals surface area contributed by atoms with Gasteiger partial charge in [0.1, 0.15) is 10.7 Å². The van der Waals surface area contributed by atoms with Crippen molar-refractivity contribution in [2.75, 3.05) is 0 Å². The molecule has 0 aliphatic carbocycles. The smallest absolute Gasteiger partial charge is 0.235 e. The number of rotatable bonds is 3. The predicted molar refractivity (Wildman–Crippen MR) is 116 cm³/mol. The molecule has 5 aromatic rings. The summed E-state index contributed by atoms with van der Waals surface area (Å²) in [4.78, 5) is 0.755. The average molecular weight is 401 g/mol. The SMILES string of the molecule is CC(C)(C)c1ccc(-c2nn3c(-c4cc(-c5ccccc5)n[nH]4)nnc3s2)cc1. The molecule has 0 saturated carbocycles. The third-order valence-electron chi connectivity index (χ3n) is 4.88. The van der Waals surface area contributed by atoms with Crippen molar-refractivity contribution in [1.82, 2.24) is 30.0 Å². The molecule has 0 fully saturated rings. The number of hydrogen-bond acceptors (Lipinski definition) is 5. The Morgan fingerprint density at radius 3 is 2.38 bits per heavy atom. The van der Waals surface area contributed by atoms with Gasteiger partial charge in [-0.3, -0.25) is 5.10 Å². The van der Waals surface area contributed by atoms with Crippen LogP contribution in [0.15, 0.2) is 60.7 Å². The summed E-state index contributed by atoms with van der Waals surface area (Å²) < 4.78 is 1.78. The van der Waals surface area contributed by atoms with Gasteiger partial charge in [-0.15, -0.1) is 10.2 Å². The molecular weight excluding hydrogens is 380 g/mol. The van der Waals surface area contributed by atoms with Crippen LogP contribution in [0.25, 0.3) is 38.3 Å². The lowest BCUT2D eigenvalue weighted by atomic mass is 9.87. The number of nitrogens with zero attached hydrogens (tertiary/aromatic N) is 5. The Balaban J connectivity index is 1.50. The normalized spacial score (nSPS) is 12.0. The van der Waals surface area contributed by atoms with E-state index in [0.717, 1.165) is 32.5 Å². The summed E-state index contributed by atoms with van der Waals surface area (Å²) in [6.45, 7) is 6.64. The third-order valence-corrected chi connectivity index (χ3v) is 5.82. The highest BCUT2D eigenvalue weighted by molar-refractivity contribution is 7.19. The van der Waals surface area contributed by atoms with E-state index in [1.165, 1.54) is 16.9 Å². The topological polar surface area (TPSA) is 71.8 Å². The zero-order chi connectivity index (χ0) is 20.0. The molecule has 0 aliphatic rings. The molecule has 2 aromatic carbocycles. The van der Waals surface area contributed by atoms with Gasteiger partial charge < -0.3 is 0 Å². The van der Waals surface area contributed by atoms with Gasteiger partial charge in [0.2, 0.25) is 10.8 Å². The highest BCUT2D eigenvalue weighted by Gasteiger charge is 2.18. The van der Waals surface area contributed by atoms with Crippen LogP contribution in [-0.4, -0.2) is 30.0 Å². The van der Waals surface area contributed by atoms with Gasteiger partial charge in [-0.25, -0.2) is 0 Å². The average Bonchev–Trinajstić information content (AvgIpc) is 3.43. The van der Waals surface area contributed by atoms with E-state index in [1.807, 2.05) is 36.4 Å². The summed E-state index contributed by atoms with van der Waals surface area (Å²) in [5.41, 5.74) is 5.21. The number of fused-ring (bicyclic) bond motifs is 1. The minimum atomic E-state index is 0.129. The molecule has 0 bridgehead atoms. The molecule has 7 heteroatoms. The number of aromatic amines is 1. The van der Waals surface area contributed by atoms with Crippen molar-refractivity contribution >= 4 is 16.3 Å². The van der Waals surface area contributed by atoms with Crippen LogP contribution >= 0.6 is 11.3 Å². The van der Waals surface area contributed by atoms with Crippen molar-refractivity contribution in [3.05, 3.63) is 66.2 Å². The first-order valence-electron chi connectivity index (χ1n) is 9.43. The molecule has 0 amide bonds. The molecule has 29 heavy (non-hydrogen) atoms. The fraction of sp³-hybridized carbons (Fsp3) is 0.182. The first-order valence-corrected chi connectivity index (χ1v) is 10.2. The maximum absolute atomic E-state index is 4.76. The molecule has 0 aliphatic heterocycles. The van der Waals surface area contributed by atoms with E-state index in [2.05, 4.69) is 65.4 Å². The largest absolute Gasteiger partial charge is 0.274 e. The zero-order valence-electron chi connectivity index (χ0n) is 16.4. The minimum absolute atomic E-state index is 0.129. The summed E-state index contributed by atoms with van der Waals surface area (Å²) in [5.74, 6) is 0.656. The van der Waals surface area contributed by atoms with E-state index >= 15 is 0 Å². The van der Waals surface area contributed by atoms with Gasteiger partial charge in [0.15, 0.2) is 0 Å². The van der Waals surface area contributed by atoms with Gasteiger partial charge in [0.05, 0.1) is 5.69 Å². The Morgan fingerprint density at radius 2 is 1.66 bits per heavy atom. The molecule has 3 heterocycles. The van der Waals surface area contributed by atoms with Gasteiger partial charge in [-0.05, 0) is 17.0 Å². The first kappa shape index (κ1) is 17.8. The van der Waals surface area contributed by atoms with E-state index in [-0.39, 0.29) is 5.41 Å². The van der Waals surface area contributed by atoms with Gasteiger partial charge in [-0.2, -0.15) is 14.7 Å². The van der Waals surface area contributed by atoms with Gasteiger partial charge in [0, 0.05) is 11.1 Å². The molecule has 0 saturated heterocycles. The molecule has 5 rings (SSSR count). The summed E-state index contributed by atoms with van der Waals surface area (Å²) in [5, 5.41) is 21.8. The molecule has 0 unspecified atom stereocenters. The first-order chi connectivity index (χ1) is 14.0. The number of hydrogen-bond donors (Lipinski definition) is 1. The van der Waals surface area contributed by atoms with Crippen molar-refractivity contribution < 1.29 is 0 Å². The second-order valence-corrected chi connectivity index (χ2v) is 8.94. The van der Waals surface area contributed by atoms with Crippen LogP contribution in [0, 0.1) is 0 Å². The monoisotopic (exact) mass is 400 g/mol. The summed E-state index contributed by atoms with van der Waals surface area (Å²) >= 11 is 1.53. The number of nitrogens with one attached hydrogen (secondary N) is 1. The fourth-order valence-corrected chi connectivity index (χ4v) is 4.05. The fourth-order valence-electron chi connectivity index (χ4n) is 3.21. The molecule has 0 atom stereocenters. The third kappa shape index (κ3) is 3.23. The van der Waals surface area contributed by atoms with Crippen LogP contribution < -0.4 is 0 Å². The lowest BCUT2D eigenvalue weighted by molar-refractivity contribution is 0.590. The highest BCUT2D eigenvalue weighted by atomic mass is 32.1. The molecule has 6 nitrogen and oxygen atoms in total. The molecule has 0 radical (unpaired) electrons. The lowest BCUT2D eigenvalue weighted by Crippen LogP contribution is -2.10. The summed E-state index contributed by atoms with van der Waals surface area (Å²) in [7, 11) is 0. The second kappa shape index (κ2) is 6.63. The highest BCUT2D eigenvalue weighted by Crippen LogP contribution is 2.30. The minimum Gasteiger partial charge on any atom is -0.274 e. The van der Waals surface area contributed by atoms with E-state index in [4.69, 9.17) is 5.10 Å². The van der Waals surface area contributed by atoms with E-state index in [0.29, 0.717) is 5.82 Å². The van der Waals surface area contributed by atoms with E-state index < -0.39 is 0 Å². The van der Waals surface area contributed by atoms with Crippen LogP contribution in [-0.2, 0) is 5.41 Å². The standard InChI is InChI=1S/C22H20N6S/c1-22(2,3)16-11-9-15(10-12-16)20-27-28-19(25-26-21(28)29-20)18-13-17(23-24-18)14-7-5-4-6-8-14/h4-13H,1-3H3,(H,23,24). The Morgan fingerprint density at radius 1 is 0.897 bits per heavy atom. The van der Waals surface area contributed by atoms with Gasteiger partial charge in [0.25, 0.3) is 0 Å². The van der Waals surface area contributed by atoms with Crippen molar-refractivity contribution in [1.29, 1.82) is 0 Å². The van der Waals surface area contributed by atoms with Crippen LogP contribution in [0.3, 0.4) is 0 Å². The maximum atomic E-state index is 4.76. The molecule has 1 N–H and O–H groups in total. The summed E-state index contributed by atoms with van der Waals surface area (Å²) in [6, 6.07) is 20.6. The second-order valence-electron chi connectivity index (χ2n) is 7.99. The Bertz CT molecular complexity index is 1270. The summed E-state index contributed by atoms with van der Waals surface area (Å²) in [6.07, 6.45) is 0. The molecule has 0 spiro atoms. The Kier molecular flexibility index (Phi) is 4.06. The van der Waals surface area contributed by atoms with E-state index in [9.17, 15) is 0 Å². The number of aromatic nitrogens is 6. The molecule has 144 valence electrons. The van der Waals surface area contributed by atoms with Crippen LogP contribution in [0.2, 0.25) is 0 Å². The quantitative estimate of drug-likeness (QED) is 0.451. The lowest BCUT2D eigenvalue weighted by Gasteiger charge is -2.18. The van der Waals surface area contributed by atoms with Crippen molar-refractivity contribution in [3.63, 3.8) is 0 Å². The van der Waals surface area contributed by atoms with Crippen LogP contribution in [0.4, 0.5) is 0 Å². The predicted octanol–water partition coefficient (Wildman–Crippen LogP) is 5.21. The number of benzene rings is 2. The van der Waals surface area contributed by atoms with Crippen LogP contribution in [0.1, 0.15) is 26.3 Å². The maximum Gasteiger partial charge on any atom is 0.235 e. The van der Waals surface area contributed by atoms with Crippen LogP contribution in [0.5, 0.6) is 0 Å². The molecule has 3 aromatic heterocycles. The van der Waals surface area contributed by atoms with Crippen molar-refractivity contribution in [2.24, 2.45) is 0 Å².